The van der Waals surface area contributed by atoms with Crippen LogP contribution in [0.3, 0.4) is 0 Å². The van der Waals surface area contributed by atoms with Crippen LogP contribution >= 0.6 is 0 Å². The molecule has 0 spiro atoms. The van der Waals surface area contributed by atoms with Crippen LogP contribution < -0.4 is 5.32 Å². The number of benzene rings is 1. The van der Waals surface area contributed by atoms with Gasteiger partial charge in [0.15, 0.2) is 0 Å². The first-order valence-electron chi connectivity index (χ1n) is 6.80. The molecule has 1 aliphatic carbocycles. The Morgan fingerprint density at radius 1 is 1.44 bits per heavy atom. The van der Waals surface area contributed by atoms with Crippen molar-refractivity contribution in [1.29, 1.82) is 0 Å². The highest BCUT2D eigenvalue weighted by Gasteiger charge is 2.18. The summed E-state index contributed by atoms with van der Waals surface area (Å²) in [5.74, 6) is 0. The topological polar surface area (TPSA) is 21.3 Å². The molecule has 1 aromatic rings. The summed E-state index contributed by atoms with van der Waals surface area (Å²) in [6, 6.07) is 9.28. The standard InChI is InChI=1S/C16H23NO/c1-13(2)12-18-11-10-17-16-9-5-7-14-6-3-4-8-15(14)16/h3-4,6,8,16-17H,1,5,7,9-12H2,2H3. The van der Waals surface area contributed by atoms with Crippen molar-refractivity contribution in [3.63, 3.8) is 0 Å². The summed E-state index contributed by atoms with van der Waals surface area (Å²) in [5, 5.41) is 3.60. The Hall–Kier alpha value is -1.12. The number of ether oxygens (including phenoxy) is 1. The van der Waals surface area contributed by atoms with Gasteiger partial charge in [-0.15, -0.1) is 0 Å². The van der Waals surface area contributed by atoms with E-state index >= 15 is 0 Å². The summed E-state index contributed by atoms with van der Waals surface area (Å²) in [6.07, 6.45) is 3.74. The molecular formula is C16H23NO. The van der Waals surface area contributed by atoms with Crippen LogP contribution in [-0.2, 0) is 11.2 Å². The summed E-state index contributed by atoms with van der Waals surface area (Å²) in [6.45, 7) is 8.15. The highest BCUT2D eigenvalue weighted by molar-refractivity contribution is 5.32. The molecule has 2 nitrogen and oxygen atoms in total. The second-order valence-corrected chi connectivity index (χ2v) is 5.11. The SMILES string of the molecule is C=C(C)COCCNC1CCCc2ccccc21. The summed E-state index contributed by atoms with van der Waals surface area (Å²) in [7, 11) is 0. The zero-order valence-electron chi connectivity index (χ0n) is 11.2. The van der Waals surface area contributed by atoms with Gasteiger partial charge in [-0.05, 0) is 37.3 Å². The Morgan fingerprint density at radius 3 is 3.11 bits per heavy atom. The quantitative estimate of drug-likeness (QED) is 0.613. The second-order valence-electron chi connectivity index (χ2n) is 5.11. The van der Waals surface area contributed by atoms with Crippen molar-refractivity contribution in [2.75, 3.05) is 19.8 Å². The number of aryl methyl sites for hydroxylation is 1. The summed E-state index contributed by atoms with van der Waals surface area (Å²) >= 11 is 0. The van der Waals surface area contributed by atoms with E-state index in [9.17, 15) is 0 Å². The molecule has 0 heterocycles. The van der Waals surface area contributed by atoms with Gasteiger partial charge in [0, 0.05) is 12.6 Å². The summed E-state index contributed by atoms with van der Waals surface area (Å²) < 4.78 is 5.51. The lowest BCUT2D eigenvalue weighted by Gasteiger charge is -2.26. The minimum atomic E-state index is 0.503. The van der Waals surface area contributed by atoms with Crippen molar-refractivity contribution in [2.45, 2.75) is 32.2 Å². The lowest BCUT2D eigenvalue weighted by atomic mass is 9.88. The minimum Gasteiger partial charge on any atom is -0.376 e. The van der Waals surface area contributed by atoms with E-state index in [4.69, 9.17) is 4.74 Å². The Labute approximate surface area is 110 Å². The van der Waals surface area contributed by atoms with Crippen molar-refractivity contribution < 1.29 is 4.74 Å². The van der Waals surface area contributed by atoms with Crippen LogP contribution in [0.2, 0.25) is 0 Å². The van der Waals surface area contributed by atoms with Crippen molar-refractivity contribution in [2.24, 2.45) is 0 Å². The van der Waals surface area contributed by atoms with Crippen molar-refractivity contribution in [3.05, 3.63) is 47.5 Å². The Bertz CT molecular complexity index is 400. The molecule has 18 heavy (non-hydrogen) atoms. The average molecular weight is 245 g/mol. The summed E-state index contributed by atoms with van der Waals surface area (Å²) in [4.78, 5) is 0. The Kier molecular flexibility index (Phi) is 4.97. The first-order valence-corrected chi connectivity index (χ1v) is 6.80. The third-order valence-electron chi connectivity index (χ3n) is 3.36. The smallest absolute Gasteiger partial charge is 0.0672 e. The largest absolute Gasteiger partial charge is 0.376 e. The fourth-order valence-corrected chi connectivity index (χ4v) is 2.52. The van der Waals surface area contributed by atoms with Gasteiger partial charge in [-0.2, -0.15) is 0 Å². The normalized spacial score (nSPS) is 18.4. The van der Waals surface area contributed by atoms with Gasteiger partial charge in [0.2, 0.25) is 0 Å². The van der Waals surface area contributed by atoms with Crippen molar-refractivity contribution in [1.82, 2.24) is 5.32 Å². The minimum absolute atomic E-state index is 0.503. The zero-order chi connectivity index (χ0) is 12.8. The van der Waals surface area contributed by atoms with Gasteiger partial charge in [0.25, 0.3) is 0 Å². The van der Waals surface area contributed by atoms with Crippen LogP contribution in [-0.4, -0.2) is 19.8 Å². The molecule has 2 heteroatoms. The molecule has 1 aliphatic rings. The van der Waals surface area contributed by atoms with Crippen LogP contribution in [0.4, 0.5) is 0 Å². The molecule has 1 N–H and O–H groups in total. The van der Waals surface area contributed by atoms with Gasteiger partial charge in [0.05, 0.1) is 13.2 Å². The molecule has 0 fully saturated rings. The molecule has 1 unspecified atom stereocenters. The molecule has 1 aromatic carbocycles. The number of hydrogen-bond acceptors (Lipinski definition) is 2. The highest BCUT2D eigenvalue weighted by Crippen LogP contribution is 2.29. The third-order valence-corrected chi connectivity index (χ3v) is 3.36. The molecular weight excluding hydrogens is 222 g/mol. The fraction of sp³-hybridized carbons (Fsp3) is 0.500. The van der Waals surface area contributed by atoms with E-state index in [0.29, 0.717) is 12.6 Å². The maximum atomic E-state index is 5.51. The fourth-order valence-electron chi connectivity index (χ4n) is 2.52. The van der Waals surface area contributed by atoms with E-state index in [1.54, 1.807) is 0 Å². The van der Waals surface area contributed by atoms with Crippen LogP contribution in [0.25, 0.3) is 0 Å². The first kappa shape index (κ1) is 13.3. The van der Waals surface area contributed by atoms with Gasteiger partial charge in [-0.25, -0.2) is 0 Å². The van der Waals surface area contributed by atoms with Gasteiger partial charge in [0.1, 0.15) is 0 Å². The average Bonchev–Trinajstić information content (AvgIpc) is 2.38. The van der Waals surface area contributed by atoms with Crippen LogP contribution in [0.1, 0.15) is 36.9 Å². The molecule has 98 valence electrons. The van der Waals surface area contributed by atoms with E-state index < -0.39 is 0 Å². The third kappa shape index (κ3) is 3.69. The number of fused-ring (bicyclic) bond motifs is 1. The maximum absolute atomic E-state index is 5.51. The molecule has 0 saturated carbocycles. The van der Waals surface area contributed by atoms with Gasteiger partial charge in [-0.1, -0.05) is 36.4 Å². The van der Waals surface area contributed by atoms with E-state index in [0.717, 1.165) is 18.7 Å². The first-order chi connectivity index (χ1) is 8.77. The van der Waals surface area contributed by atoms with Gasteiger partial charge in [-0.3, -0.25) is 0 Å². The molecule has 1 atom stereocenters. The van der Waals surface area contributed by atoms with E-state index in [-0.39, 0.29) is 0 Å². The molecule has 0 aliphatic heterocycles. The Morgan fingerprint density at radius 2 is 2.28 bits per heavy atom. The molecule has 0 bridgehead atoms. The molecule has 0 aromatic heterocycles. The number of nitrogens with one attached hydrogen (secondary N) is 1. The lowest BCUT2D eigenvalue weighted by Crippen LogP contribution is -2.28. The van der Waals surface area contributed by atoms with E-state index in [2.05, 4.69) is 36.2 Å². The highest BCUT2D eigenvalue weighted by atomic mass is 16.5. The van der Waals surface area contributed by atoms with E-state index in [1.165, 1.54) is 30.4 Å². The van der Waals surface area contributed by atoms with E-state index in [1.807, 2.05) is 6.92 Å². The molecule has 0 saturated heterocycles. The number of rotatable bonds is 6. The molecule has 0 radical (unpaired) electrons. The van der Waals surface area contributed by atoms with Gasteiger partial charge < -0.3 is 10.1 Å². The summed E-state index contributed by atoms with van der Waals surface area (Å²) in [5.41, 5.74) is 4.06. The van der Waals surface area contributed by atoms with Crippen LogP contribution in [0.15, 0.2) is 36.4 Å². The predicted octanol–water partition coefficient (Wildman–Crippen LogP) is 3.25. The molecule has 2 rings (SSSR count). The monoisotopic (exact) mass is 245 g/mol. The molecule has 0 amide bonds. The number of hydrogen-bond donors (Lipinski definition) is 1. The lowest BCUT2D eigenvalue weighted by molar-refractivity contribution is 0.154. The maximum Gasteiger partial charge on any atom is 0.0672 e. The van der Waals surface area contributed by atoms with Crippen molar-refractivity contribution >= 4 is 0 Å². The zero-order valence-corrected chi connectivity index (χ0v) is 11.2. The predicted molar refractivity (Wildman–Crippen MR) is 75.8 cm³/mol. The van der Waals surface area contributed by atoms with Crippen LogP contribution in [0.5, 0.6) is 0 Å². The second kappa shape index (κ2) is 6.72. The van der Waals surface area contributed by atoms with Crippen molar-refractivity contribution in [3.8, 4) is 0 Å². The van der Waals surface area contributed by atoms with Gasteiger partial charge >= 0.3 is 0 Å². The Balaban J connectivity index is 1.79. The van der Waals surface area contributed by atoms with Crippen LogP contribution in [0, 0.1) is 0 Å².